The zero-order chi connectivity index (χ0) is 19.2. The number of hydrogen-bond acceptors (Lipinski definition) is 7. The van der Waals surface area contributed by atoms with Crippen molar-refractivity contribution in [3.8, 4) is 0 Å². The molecule has 1 fully saturated rings. The minimum Gasteiger partial charge on any atom is -0.341 e. The largest absolute Gasteiger partial charge is 0.341 e. The number of anilines is 4. The molecule has 0 amide bonds. The van der Waals surface area contributed by atoms with Gasteiger partial charge in [-0.2, -0.15) is 20.1 Å². The summed E-state index contributed by atoms with van der Waals surface area (Å²) in [6, 6.07) is 17.2. The summed E-state index contributed by atoms with van der Waals surface area (Å²) >= 11 is 5.91. The number of benzene rings is 2. The molecule has 0 unspecified atom stereocenters. The highest BCUT2D eigenvalue weighted by Gasteiger charge is 2.17. The second-order valence-corrected chi connectivity index (χ2v) is 6.83. The Morgan fingerprint density at radius 2 is 1.61 bits per heavy atom. The number of hydrogen-bond donors (Lipinski definition) is 2. The van der Waals surface area contributed by atoms with E-state index in [0.717, 1.165) is 37.2 Å². The molecule has 0 saturated carbocycles. The SMILES string of the molecule is Clc1ccc(/C=N\Nc2nc(Nc3ccccc3)nc(N3CCCC3)n2)cc1. The van der Waals surface area contributed by atoms with Crippen molar-refractivity contribution in [2.24, 2.45) is 5.10 Å². The summed E-state index contributed by atoms with van der Waals surface area (Å²) in [6.45, 7) is 1.89. The average Bonchev–Trinajstić information content (AvgIpc) is 3.25. The molecule has 142 valence electrons. The zero-order valence-electron chi connectivity index (χ0n) is 15.2. The van der Waals surface area contributed by atoms with Gasteiger partial charge >= 0.3 is 0 Å². The maximum Gasteiger partial charge on any atom is 0.250 e. The van der Waals surface area contributed by atoms with Crippen molar-refractivity contribution in [3.63, 3.8) is 0 Å². The number of nitrogens with one attached hydrogen (secondary N) is 2. The van der Waals surface area contributed by atoms with Crippen LogP contribution in [0.1, 0.15) is 18.4 Å². The van der Waals surface area contributed by atoms with Gasteiger partial charge in [-0.3, -0.25) is 0 Å². The minimum atomic E-state index is 0.389. The van der Waals surface area contributed by atoms with Crippen molar-refractivity contribution in [1.82, 2.24) is 15.0 Å². The smallest absolute Gasteiger partial charge is 0.250 e. The van der Waals surface area contributed by atoms with Gasteiger partial charge in [0, 0.05) is 23.8 Å². The van der Waals surface area contributed by atoms with E-state index in [1.165, 1.54) is 0 Å². The fourth-order valence-electron chi connectivity index (χ4n) is 2.89. The fraction of sp³-hybridized carbons (Fsp3) is 0.200. The molecule has 8 heteroatoms. The first kappa shape index (κ1) is 18.2. The quantitative estimate of drug-likeness (QED) is 0.479. The molecule has 0 aliphatic carbocycles. The van der Waals surface area contributed by atoms with Crippen molar-refractivity contribution in [2.45, 2.75) is 12.8 Å². The number of aromatic nitrogens is 3. The van der Waals surface area contributed by atoms with Crippen molar-refractivity contribution in [3.05, 3.63) is 65.2 Å². The van der Waals surface area contributed by atoms with E-state index in [-0.39, 0.29) is 0 Å². The second kappa shape index (κ2) is 8.67. The van der Waals surface area contributed by atoms with Crippen LogP contribution in [-0.4, -0.2) is 34.3 Å². The van der Waals surface area contributed by atoms with Crippen LogP contribution in [0.3, 0.4) is 0 Å². The Bertz CT molecular complexity index is 939. The Morgan fingerprint density at radius 3 is 2.36 bits per heavy atom. The summed E-state index contributed by atoms with van der Waals surface area (Å²) in [5.74, 6) is 1.52. The van der Waals surface area contributed by atoms with Crippen LogP contribution in [-0.2, 0) is 0 Å². The molecular formula is C20H20ClN7. The minimum absolute atomic E-state index is 0.389. The van der Waals surface area contributed by atoms with Gasteiger partial charge in [0.1, 0.15) is 0 Å². The van der Waals surface area contributed by atoms with E-state index < -0.39 is 0 Å². The molecule has 4 rings (SSSR count). The predicted octanol–water partition coefficient (Wildman–Crippen LogP) is 4.31. The molecule has 0 atom stereocenters. The Kier molecular flexibility index (Phi) is 5.63. The molecule has 0 spiro atoms. The van der Waals surface area contributed by atoms with Gasteiger partial charge in [0.25, 0.3) is 0 Å². The highest BCUT2D eigenvalue weighted by atomic mass is 35.5. The topological polar surface area (TPSA) is 78.3 Å². The van der Waals surface area contributed by atoms with Crippen molar-refractivity contribution < 1.29 is 0 Å². The molecule has 7 nitrogen and oxygen atoms in total. The number of rotatable bonds is 6. The highest BCUT2D eigenvalue weighted by molar-refractivity contribution is 6.30. The van der Waals surface area contributed by atoms with Crippen LogP contribution in [0.15, 0.2) is 59.7 Å². The third kappa shape index (κ3) is 4.75. The lowest BCUT2D eigenvalue weighted by atomic mass is 10.2. The van der Waals surface area contributed by atoms with E-state index in [1.54, 1.807) is 6.21 Å². The molecule has 1 aliphatic rings. The van der Waals surface area contributed by atoms with Crippen LogP contribution in [0.25, 0.3) is 0 Å². The monoisotopic (exact) mass is 393 g/mol. The van der Waals surface area contributed by atoms with E-state index in [2.05, 4.69) is 35.7 Å². The molecule has 0 radical (unpaired) electrons. The van der Waals surface area contributed by atoms with Crippen LogP contribution in [0.4, 0.5) is 23.5 Å². The van der Waals surface area contributed by atoms with Crippen LogP contribution in [0, 0.1) is 0 Å². The normalized spacial score (nSPS) is 13.8. The van der Waals surface area contributed by atoms with Crippen LogP contribution < -0.4 is 15.6 Å². The van der Waals surface area contributed by atoms with E-state index in [0.29, 0.717) is 22.9 Å². The van der Waals surface area contributed by atoms with Crippen LogP contribution in [0.2, 0.25) is 5.02 Å². The Labute approximate surface area is 168 Å². The average molecular weight is 394 g/mol. The van der Waals surface area contributed by atoms with E-state index in [9.17, 15) is 0 Å². The Balaban J connectivity index is 1.55. The molecule has 2 heterocycles. The van der Waals surface area contributed by atoms with E-state index in [1.807, 2.05) is 54.6 Å². The Hall–Kier alpha value is -3.19. The third-order valence-corrected chi connectivity index (χ3v) is 4.54. The third-order valence-electron chi connectivity index (χ3n) is 4.29. The molecule has 3 aromatic rings. The molecular weight excluding hydrogens is 374 g/mol. The molecule has 1 saturated heterocycles. The Morgan fingerprint density at radius 1 is 0.893 bits per heavy atom. The molecule has 1 aromatic heterocycles. The fourth-order valence-corrected chi connectivity index (χ4v) is 3.02. The standard InChI is InChI=1S/C20H20ClN7/c21-16-10-8-15(9-11-16)14-22-27-19-24-18(23-17-6-2-1-3-7-17)25-20(26-19)28-12-4-5-13-28/h1-3,6-11,14H,4-5,12-13H2,(H2,23,24,25,26,27)/b22-14-. The summed E-state index contributed by atoms with van der Waals surface area (Å²) in [4.78, 5) is 15.7. The number of hydrazone groups is 1. The first-order valence-corrected chi connectivity index (χ1v) is 9.52. The molecule has 0 bridgehead atoms. The molecule has 2 N–H and O–H groups in total. The van der Waals surface area contributed by atoms with Gasteiger partial charge in [0.2, 0.25) is 17.8 Å². The molecule has 2 aromatic carbocycles. The van der Waals surface area contributed by atoms with Gasteiger partial charge in [-0.05, 0) is 42.7 Å². The number of nitrogens with zero attached hydrogens (tertiary/aromatic N) is 5. The summed E-state index contributed by atoms with van der Waals surface area (Å²) in [5.41, 5.74) is 4.74. The zero-order valence-corrected chi connectivity index (χ0v) is 16.0. The van der Waals surface area contributed by atoms with Gasteiger partial charge in [-0.25, -0.2) is 5.43 Å². The van der Waals surface area contributed by atoms with Gasteiger partial charge in [0.05, 0.1) is 6.21 Å². The molecule has 1 aliphatic heterocycles. The van der Waals surface area contributed by atoms with Gasteiger partial charge in [-0.15, -0.1) is 0 Å². The maximum absolute atomic E-state index is 5.91. The second-order valence-electron chi connectivity index (χ2n) is 6.39. The first-order valence-electron chi connectivity index (χ1n) is 9.14. The summed E-state index contributed by atoms with van der Waals surface area (Å²) in [5, 5.41) is 8.16. The van der Waals surface area contributed by atoms with Gasteiger partial charge in [0.15, 0.2) is 0 Å². The number of halogens is 1. The van der Waals surface area contributed by atoms with Crippen molar-refractivity contribution in [1.29, 1.82) is 0 Å². The predicted molar refractivity (Wildman–Crippen MR) is 114 cm³/mol. The van der Waals surface area contributed by atoms with Crippen LogP contribution in [0.5, 0.6) is 0 Å². The maximum atomic E-state index is 5.91. The molecule has 28 heavy (non-hydrogen) atoms. The van der Waals surface area contributed by atoms with E-state index >= 15 is 0 Å². The lowest BCUT2D eigenvalue weighted by Gasteiger charge is -2.16. The van der Waals surface area contributed by atoms with Crippen molar-refractivity contribution in [2.75, 3.05) is 28.7 Å². The summed E-state index contributed by atoms with van der Waals surface area (Å²) < 4.78 is 0. The van der Waals surface area contributed by atoms with Gasteiger partial charge < -0.3 is 10.2 Å². The number of para-hydroxylation sites is 1. The van der Waals surface area contributed by atoms with Crippen LogP contribution >= 0.6 is 11.6 Å². The summed E-state index contributed by atoms with van der Waals surface area (Å²) in [6.07, 6.45) is 3.98. The van der Waals surface area contributed by atoms with E-state index in [4.69, 9.17) is 11.6 Å². The first-order chi connectivity index (χ1) is 13.8. The lowest BCUT2D eigenvalue weighted by Crippen LogP contribution is -2.21. The summed E-state index contributed by atoms with van der Waals surface area (Å²) in [7, 11) is 0. The van der Waals surface area contributed by atoms with Gasteiger partial charge in [-0.1, -0.05) is 41.9 Å². The van der Waals surface area contributed by atoms with Crippen molar-refractivity contribution >= 4 is 41.3 Å². The highest BCUT2D eigenvalue weighted by Crippen LogP contribution is 2.20. The lowest BCUT2D eigenvalue weighted by molar-refractivity contribution is 0.883.